The first-order chi connectivity index (χ1) is 6.91. The van der Waals surface area contributed by atoms with Crippen molar-refractivity contribution >= 4 is 0 Å². The summed E-state index contributed by atoms with van der Waals surface area (Å²) in [6.45, 7) is 2.71. The van der Waals surface area contributed by atoms with Crippen molar-refractivity contribution in [3.63, 3.8) is 0 Å². The molecule has 0 saturated carbocycles. The van der Waals surface area contributed by atoms with E-state index >= 15 is 0 Å². The molecule has 1 aromatic carbocycles. The van der Waals surface area contributed by atoms with Crippen molar-refractivity contribution in [3.8, 4) is 0 Å². The van der Waals surface area contributed by atoms with Crippen LogP contribution in [0.5, 0.6) is 0 Å². The van der Waals surface area contributed by atoms with Crippen molar-refractivity contribution in [2.24, 2.45) is 0 Å². The maximum absolute atomic E-state index is 13.2. The van der Waals surface area contributed by atoms with Gasteiger partial charge in [0.2, 0.25) is 0 Å². The molecule has 0 heterocycles. The van der Waals surface area contributed by atoms with Crippen LogP contribution in [0.3, 0.4) is 0 Å². The molecule has 0 saturated heterocycles. The Morgan fingerprint density at radius 3 is 2.33 bits per heavy atom. The zero-order valence-corrected chi connectivity index (χ0v) is 8.60. The summed E-state index contributed by atoms with van der Waals surface area (Å²) in [5.74, 6) is -2.09. The number of hydrogen-bond acceptors (Lipinski definition) is 1. The third-order valence-corrected chi connectivity index (χ3v) is 2.10. The quantitative estimate of drug-likeness (QED) is 0.827. The lowest BCUT2D eigenvalue weighted by atomic mass is 10.0. The molecule has 2 unspecified atom stereocenters. The van der Waals surface area contributed by atoms with Gasteiger partial charge in [0.1, 0.15) is 6.17 Å². The maximum atomic E-state index is 13.2. The van der Waals surface area contributed by atoms with E-state index in [1.165, 1.54) is 19.9 Å². The van der Waals surface area contributed by atoms with Crippen LogP contribution in [-0.4, -0.2) is 11.2 Å². The molecule has 0 radical (unpaired) electrons. The molecule has 0 spiro atoms. The molecule has 0 amide bonds. The van der Waals surface area contributed by atoms with E-state index in [2.05, 4.69) is 0 Å². The van der Waals surface area contributed by atoms with E-state index in [-0.39, 0.29) is 17.5 Å². The van der Waals surface area contributed by atoms with Gasteiger partial charge in [-0.1, -0.05) is 0 Å². The zero-order valence-electron chi connectivity index (χ0n) is 8.60. The molecular weight excluding hydrogens is 205 g/mol. The number of alkyl halides is 1. The van der Waals surface area contributed by atoms with Gasteiger partial charge in [-0.3, -0.25) is 0 Å². The minimum Gasteiger partial charge on any atom is -0.393 e. The molecule has 84 valence electrons. The largest absolute Gasteiger partial charge is 0.393 e. The van der Waals surface area contributed by atoms with Gasteiger partial charge in [0.05, 0.1) is 6.10 Å². The molecule has 1 aromatic rings. The van der Waals surface area contributed by atoms with Crippen LogP contribution in [-0.2, 0) is 6.42 Å². The van der Waals surface area contributed by atoms with Crippen molar-refractivity contribution in [2.75, 3.05) is 0 Å². The first-order valence-corrected chi connectivity index (χ1v) is 4.71. The highest BCUT2D eigenvalue weighted by Crippen LogP contribution is 2.23. The van der Waals surface area contributed by atoms with Crippen molar-refractivity contribution in [1.82, 2.24) is 0 Å². The molecule has 4 heteroatoms. The molecule has 0 bridgehead atoms. The first kappa shape index (κ1) is 12.0. The second-order valence-corrected chi connectivity index (χ2v) is 3.64. The fourth-order valence-electron chi connectivity index (χ4n) is 1.37. The highest BCUT2D eigenvalue weighted by Gasteiger charge is 2.15. The van der Waals surface area contributed by atoms with Gasteiger partial charge in [0.25, 0.3) is 0 Å². The van der Waals surface area contributed by atoms with Crippen LogP contribution in [0.1, 0.15) is 31.1 Å². The molecular formula is C11H13F3O. The molecule has 1 N–H and O–H groups in total. The van der Waals surface area contributed by atoms with E-state index < -0.39 is 23.9 Å². The molecule has 1 nitrogen and oxygen atoms in total. The average molecular weight is 218 g/mol. The number of aliphatic hydroxyl groups excluding tert-OH is 1. The lowest BCUT2D eigenvalue weighted by molar-refractivity contribution is 0.193. The molecule has 0 aromatic heterocycles. The number of rotatable bonds is 3. The summed E-state index contributed by atoms with van der Waals surface area (Å²) in [7, 11) is 0. The second kappa shape index (κ2) is 4.66. The molecule has 0 aliphatic heterocycles. The summed E-state index contributed by atoms with van der Waals surface area (Å²) >= 11 is 0. The normalized spacial score (nSPS) is 15.1. The van der Waals surface area contributed by atoms with Gasteiger partial charge in [0.15, 0.2) is 11.6 Å². The SMILES string of the molecule is CC(O)Cc1cc(C(C)F)cc(F)c1F. The van der Waals surface area contributed by atoms with Crippen molar-refractivity contribution in [2.45, 2.75) is 32.5 Å². The van der Waals surface area contributed by atoms with Gasteiger partial charge >= 0.3 is 0 Å². The van der Waals surface area contributed by atoms with Gasteiger partial charge in [-0.05, 0) is 37.1 Å². The summed E-state index contributed by atoms with van der Waals surface area (Å²) < 4.78 is 39.1. The van der Waals surface area contributed by atoms with Gasteiger partial charge in [-0.15, -0.1) is 0 Å². The predicted molar refractivity (Wildman–Crippen MR) is 51.3 cm³/mol. The Labute approximate surface area is 86.5 Å². The summed E-state index contributed by atoms with van der Waals surface area (Å²) in [6, 6.07) is 2.08. The smallest absolute Gasteiger partial charge is 0.162 e. The summed E-state index contributed by atoms with van der Waals surface area (Å²) in [5.41, 5.74) is 0.0917. The first-order valence-electron chi connectivity index (χ1n) is 4.71. The van der Waals surface area contributed by atoms with Crippen LogP contribution in [0.15, 0.2) is 12.1 Å². The lowest BCUT2D eigenvalue weighted by Gasteiger charge is -2.10. The Bertz CT molecular complexity index is 348. The monoisotopic (exact) mass is 218 g/mol. The van der Waals surface area contributed by atoms with Crippen molar-refractivity contribution < 1.29 is 18.3 Å². The van der Waals surface area contributed by atoms with E-state index in [1.807, 2.05) is 0 Å². The highest BCUT2D eigenvalue weighted by molar-refractivity contribution is 5.28. The summed E-state index contributed by atoms with van der Waals surface area (Å²) in [5, 5.41) is 9.07. The van der Waals surface area contributed by atoms with Crippen molar-refractivity contribution in [1.29, 1.82) is 0 Å². The van der Waals surface area contributed by atoms with E-state index in [1.54, 1.807) is 0 Å². The lowest BCUT2D eigenvalue weighted by Crippen LogP contribution is -2.08. The second-order valence-electron chi connectivity index (χ2n) is 3.64. The predicted octanol–water partition coefficient (Wildman–Crippen LogP) is 2.92. The molecule has 0 aliphatic carbocycles. The number of halogens is 3. The van der Waals surface area contributed by atoms with E-state index in [0.717, 1.165) is 6.07 Å². The Balaban J connectivity index is 3.13. The minimum atomic E-state index is -1.35. The fourth-order valence-corrected chi connectivity index (χ4v) is 1.37. The average Bonchev–Trinajstić information content (AvgIpc) is 2.11. The number of benzene rings is 1. The van der Waals surface area contributed by atoms with Crippen LogP contribution >= 0.6 is 0 Å². The Morgan fingerprint density at radius 2 is 1.87 bits per heavy atom. The summed E-state index contributed by atoms with van der Waals surface area (Å²) in [6.07, 6.45) is -2.17. The standard InChI is InChI=1S/C11H13F3O/c1-6(15)3-9-4-8(7(2)12)5-10(13)11(9)14/h4-7,15H,3H2,1-2H3. The van der Waals surface area contributed by atoms with Crippen LogP contribution in [0, 0.1) is 11.6 Å². The third kappa shape index (κ3) is 2.96. The zero-order chi connectivity index (χ0) is 11.6. The van der Waals surface area contributed by atoms with Gasteiger partial charge in [-0.25, -0.2) is 13.2 Å². The van der Waals surface area contributed by atoms with Crippen molar-refractivity contribution in [3.05, 3.63) is 34.9 Å². The van der Waals surface area contributed by atoms with E-state index in [0.29, 0.717) is 0 Å². The van der Waals surface area contributed by atoms with Gasteiger partial charge in [0, 0.05) is 6.42 Å². The van der Waals surface area contributed by atoms with E-state index in [4.69, 9.17) is 5.11 Å². The van der Waals surface area contributed by atoms with Crippen LogP contribution < -0.4 is 0 Å². The topological polar surface area (TPSA) is 20.2 Å². The minimum absolute atomic E-state index is 0.00417. The van der Waals surface area contributed by atoms with Gasteiger partial charge < -0.3 is 5.11 Å². The molecule has 1 rings (SSSR count). The Hall–Kier alpha value is -1.03. The molecule has 0 aliphatic rings. The third-order valence-electron chi connectivity index (χ3n) is 2.10. The van der Waals surface area contributed by atoms with Crippen LogP contribution in [0.4, 0.5) is 13.2 Å². The van der Waals surface area contributed by atoms with Crippen LogP contribution in [0.2, 0.25) is 0 Å². The van der Waals surface area contributed by atoms with E-state index in [9.17, 15) is 13.2 Å². The molecule has 15 heavy (non-hydrogen) atoms. The Morgan fingerprint density at radius 1 is 1.27 bits per heavy atom. The van der Waals surface area contributed by atoms with Crippen LogP contribution in [0.25, 0.3) is 0 Å². The van der Waals surface area contributed by atoms with Gasteiger partial charge in [-0.2, -0.15) is 0 Å². The fraction of sp³-hybridized carbons (Fsp3) is 0.455. The highest BCUT2D eigenvalue weighted by atomic mass is 19.2. The number of aliphatic hydroxyl groups is 1. The maximum Gasteiger partial charge on any atom is 0.162 e. The molecule has 0 fully saturated rings. The molecule has 2 atom stereocenters. The summed E-state index contributed by atoms with van der Waals surface area (Å²) in [4.78, 5) is 0. The Kier molecular flexibility index (Phi) is 3.74. The number of hydrogen-bond donors (Lipinski definition) is 1.